The zero-order valence-corrected chi connectivity index (χ0v) is 11.7. The highest BCUT2D eigenvalue weighted by molar-refractivity contribution is 4.92. The fraction of sp³-hybridized carbons (Fsp3) is 1.00. The zero-order valence-electron chi connectivity index (χ0n) is 11.7. The first-order valence-corrected chi connectivity index (χ1v) is 7.16. The van der Waals surface area contributed by atoms with Crippen LogP contribution in [0.25, 0.3) is 0 Å². The van der Waals surface area contributed by atoms with E-state index in [1.54, 1.807) is 0 Å². The largest absolute Gasteiger partial charge is 0.310 e. The maximum absolute atomic E-state index is 3.78. The van der Waals surface area contributed by atoms with E-state index >= 15 is 0 Å². The van der Waals surface area contributed by atoms with Crippen molar-refractivity contribution in [1.29, 1.82) is 0 Å². The summed E-state index contributed by atoms with van der Waals surface area (Å²) in [5, 5.41) is 3.78. The standard InChI is InChI=1S/C14H30N2/c1-5-9-13(4)16-11-8-10-15-14(6-2,7-3)12-16/h13,15H,5-12H2,1-4H3. The molecule has 1 unspecified atom stereocenters. The fourth-order valence-electron chi connectivity index (χ4n) is 2.86. The smallest absolute Gasteiger partial charge is 0.0303 e. The van der Waals surface area contributed by atoms with Crippen molar-refractivity contribution < 1.29 is 0 Å². The van der Waals surface area contributed by atoms with E-state index in [0.29, 0.717) is 5.54 Å². The molecule has 0 amide bonds. The van der Waals surface area contributed by atoms with E-state index in [-0.39, 0.29) is 0 Å². The molecule has 0 radical (unpaired) electrons. The molecule has 1 aliphatic rings. The Hall–Kier alpha value is -0.0800. The highest BCUT2D eigenvalue weighted by Crippen LogP contribution is 2.22. The van der Waals surface area contributed by atoms with Gasteiger partial charge in [-0.3, -0.25) is 4.90 Å². The van der Waals surface area contributed by atoms with Crippen LogP contribution in [-0.4, -0.2) is 36.1 Å². The quantitative estimate of drug-likeness (QED) is 0.775. The molecule has 2 heteroatoms. The minimum atomic E-state index is 0.374. The third-order valence-corrected chi connectivity index (χ3v) is 4.31. The lowest BCUT2D eigenvalue weighted by Crippen LogP contribution is -2.52. The van der Waals surface area contributed by atoms with E-state index in [1.165, 1.54) is 51.7 Å². The van der Waals surface area contributed by atoms with Gasteiger partial charge in [-0.2, -0.15) is 0 Å². The van der Waals surface area contributed by atoms with E-state index in [0.717, 1.165) is 6.04 Å². The summed E-state index contributed by atoms with van der Waals surface area (Å²) in [6.07, 6.45) is 6.44. The van der Waals surface area contributed by atoms with Gasteiger partial charge in [0.25, 0.3) is 0 Å². The van der Waals surface area contributed by atoms with Crippen molar-refractivity contribution in [2.24, 2.45) is 0 Å². The van der Waals surface area contributed by atoms with Gasteiger partial charge in [0.2, 0.25) is 0 Å². The van der Waals surface area contributed by atoms with Gasteiger partial charge in [-0.1, -0.05) is 27.2 Å². The molecule has 1 fully saturated rings. The minimum absolute atomic E-state index is 0.374. The maximum Gasteiger partial charge on any atom is 0.0303 e. The summed E-state index contributed by atoms with van der Waals surface area (Å²) in [5.74, 6) is 0. The Balaban J connectivity index is 2.64. The van der Waals surface area contributed by atoms with E-state index in [1.807, 2.05) is 0 Å². The highest BCUT2D eigenvalue weighted by atomic mass is 15.2. The van der Waals surface area contributed by atoms with Crippen LogP contribution in [0.3, 0.4) is 0 Å². The van der Waals surface area contributed by atoms with Gasteiger partial charge in [0, 0.05) is 18.1 Å². The molecular formula is C14H30N2. The first-order valence-electron chi connectivity index (χ1n) is 7.16. The average Bonchev–Trinajstić information content (AvgIpc) is 2.52. The molecular weight excluding hydrogens is 196 g/mol. The number of rotatable bonds is 5. The Morgan fingerprint density at radius 1 is 1.25 bits per heavy atom. The van der Waals surface area contributed by atoms with Crippen molar-refractivity contribution in [1.82, 2.24) is 10.2 Å². The third-order valence-electron chi connectivity index (χ3n) is 4.31. The Morgan fingerprint density at radius 2 is 1.94 bits per heavy atom. The van der Waals surface area contributed by atoms with Crippen LogP contribution in [0.2, 0.25) is 0 Å². The van der Waals surface area contributed by atoms with Gasteiger partial charge in [-0.15, -0.1) is 0 Å². The number of nitrogens with zero attached hydrogens (tertiary/aromatic N) is 1. The summed E-state index contributed by atoms with van der Waals surface area (Å²) in [5.41, 5.74) is 0.374. The molecule has 0 saturated carbocycles. The predicted molar refractivity (Wildman–Crippen MR) is 71.9 cm³/mol. The van der Waals surface area contributed by atoms with Crippen molar-refractivity contribution in [2.75, 3.05) is 19.6 Å². The van der Waals surface area contributed by atoms with Gasteiger partial charge in [0.05, 0.1) is 0 Å². The first-order chi connectivity index (χ1) is 7.67. The van der Waals surface area contributed by atoms with Gasteiger partial charge >= 0.3 is 0 Å². The van der Waals surface area contributed by atoms with Crippen LogP contribution in [0.4, 0.5) is 0 Å². The van der Waals surface area contributed by atoms with Crippen molar-refractivity contribution in [3.05, 3.63) is 0 Å². The van der Waals surface area contributed by atoms with Crippen LogP contribution in [0.5, 0.6) is 0 Å². The topological polar surface area (TPSA) is 15.3 Å². The Morgan fingerprint density at radius 3 is 2.50 bits per heavy atom. The summed E-state index contributed by atoms with van der Waals surface area (Å²) in [4.78, 5) is 2.70. The van der Waals surface area contributed by atoms with Gasteiger partial charge in [-0.05, 0) is 45.7 Å². The Labute approximate surface area is 102 Å². The van der Waals surface area contributed by atoms with Crippen molar-refractivity contribution in [3.8, 4) is 0 Å². The summed E-state index contributed by atoms with van der Waals surface area (Å²) in [6, 6.07) is 0.752. The lowest BCUT2D eigenvalue weighted by molar-refractivity contribution is 0.150. The van der Waals surface area contributed by atoms with Crippen molar-refractivity contribution in [2.45, 2.75) is 71.4 Å². The second-order valence-electron chi connectivity index (χ2n) is 5.38. The molecule has 1 saturated heterocycles. The zero-order chi connectivity index (χ0) is 12.0. The summed E-state index contributed by atoms with van der Waals surface area (Å²) in [7, 11) is 0. The molecule has 16 heavy (non-hydrogen) atoms. The Bertz CT molecular complexity index is 187. The van der Waals surface area contributed by atoms with Gasteiger partial charge in [-0.25, -0.2) is 0 Å². The molecule has 96 valence electrons. The molecule has 0 aliphatic carbocycles. The minimum Gasteiger partial charge on any atom is -0.310 e. The molecule has 0 spiro atoms. The molecule has 1 atom stereocenters. The first kappa shape index (κ1) is 14.0. The van der Waals surface area contributed by atoms with Crippen LogP contribution < -0.4 is 5.32 Å². The molecule has 0 aromatic rings. The maximum atomic E-state index is 3.78. The number of hydrogen-bond acceptors (Lipinski definition) is 2. The molecule has 2 nitrogen and oxygen atoms in total. The van der Waals surface area contributed by atoms with Crippen LogP contribution in [0.1, 0.15) is 59.8 Å². The van der Waals surface area contributed by atoms with Crippen molar-refractivity contribution in [3.63, 3.8) is 0 Å². The summed E-state index contributed by atoms with van der Waals surface area (Å²) >= 11 is 0. The molecule has 1 heterocycles. The van der Waals surface area contributed by atoms with E-state index < -0.39 is 0 Å². The van der Waals surface area contributed by atoms with Crippen molar-refractivity contribution >= 4 is 0 Å². The van der Waals surface area contributed by atoms with Gasteiger partial charge in [0.1, 0.15) is 0 Å². The molecule has 0 aromatic heterocycles. The summed E-state index contributed by atoms with van der Waals surface area (Å²) in [6.45, 7) is 13.0. The van der Waals surface area contributed by atoms with E-state index in [9.17, 15) is 0 Å². The SMILES string of the molecule is CCCC(C)N1CCCNC(CC)(CC)C1. The second kappa shape index (κ2) is 6.61. The molecule has 0 aromatic carbocycles. The normalized spacial score (nSPS) is 24.0. The highest BCUT2D eigenvalue weighted by Gasteiger charge is 2.31. The molecule has 0 bridgehead atoms. The predicted octanol–water partition coefficient (Wildman–Crippen LogP) is 3.03. The average molecular weight is 226 g/mol. The lowest BCUT2D eigenvalue weighted by Gasteiger charge is -2.38. The number of hydrogen-bond donors (Lipinski definition) is 1. The van der Waals surface area contributed by atoms with Crippen LogP contribution in [-0.2, 0) is 0 Å². The lowest BCUT2D eigenvalue weighted by atomic mass is 9.91. The number of nitrogens with one attached hydrogen (secondary N) is 1. The van der Waals surface area contributed by atoms with Gasteiger partial charge in [0.15, 0.2) is 0 Å². The van der Waals surface area contributed by atoms with Crippen LogP contribution >= 0.6 is 0 Å². The van der Waals surface area contributed by atoms with Crippen LogP contribution in [0, 0.1) is 0 Å². The molecule has 1 aliphatic heterocycles. The fourth-order valence-corrected chi connectivity index (χ4v) is 2.86. The van der Waals surface area contributed by atoms with Gasteiger partial charge < -0.3 is 5.32 Å². The third kappa shape index (κ3) is 3.46. The molecule has 1 rings (SSSR count). The van der Waals surface area contributed by atoms with Crippen LogP contribution in [0.15, 0.2) is 0 Å². The van der Waals surface area contributed by atoms with E-state index in [4.69, 9.17) is 0 Å². The second-order valence-corrected chi connectivity index (χ2v) is 5.38. The monoisotopic (exact) mass is 226 g/mol. The molecule has 1 N–H and O–H groups in total. The van der Waals surface area contributed by atoms with E-state index in [2.05, 4.69) is 37.9 Å². The Kier molecular flexibility index (Phi) is 5.77. The summed E-state index contributed by atoms with van der Waals surface area (Å²) < 4.78 is 0.